The van der Waals surface area contributed by atoms with Gasteiger partial charge in [-0.2, -0.15) is 0 Å². The van der Waals surface area contributed by atoms with E-state index in [1.54, 1.807) is 0 Å². The maximum Gasteiger partial charge on any atom is 0.115 e. The molecule has 1 saturated heterocycles. The maximum atomic E-state index is 9.13. The average Bonchev–Trinajstić information content (AvgIpc) is 2.76. The van der Waals surface area contributed by atoms with E-state index in [4.69, 9.17) is 25.2 Å². The van der Waals surface area contributed by atoms with E-state index < -0.39 is 36.6 Å². The number of rotatable bonds is 0. The fourth-order valence-electron chi connectivity index (χ4n) is 1.48. The molecule has 0 radical (unpaired) electrons. The van der Waals surface area contributed by atoms with Crippen LogP contribution < -0.4 is 0 Å². The molecule has 2 aliphatic rings. The third kappa shape index (κ3) is 0.896. The molecule has 0 aromatic rings. The standard InChI is InChI=1S/C6H10O5/c7-1-2(8)4(10)6-5(11-6)3(1)9/h1-10H/t1-,2+,3+,4-,5+,6-. The smallest absolute Gasteiger partial charge is 0.115 e. The Kier molecular flexibility index (Phi) is 1.45. The minimum absolute atomic E-state index is 0.497. The lowest BCUT2D eigenvalue weighted by atomic mass is 9.90. The van der Waals surface area contributed by atoms with Gasteiger partial charge in [-0.05, 0) is 0 Å². The van der Waals surface area contributed by atoms with Crippen molar-refractivity contribution in [1.29, 1.82) is 0 Å². The molecule has 11 heavy (non-hydrogen) atoms. The number of fused-ring (bicyclic) bond motifs is 1. The highest BCUT2D eigenvalue weighted by molar-refractivity contribution is 5.07. The Labute approximate surface area is 62.8 Å². The minimum Gasteiger partial charge on any atom is -0.387 e. The summed E-state index contributed by atoms with van der Waals surface area (Å²) in [6, 6.07) is 0. The summed E-state index contributed by atoms with van der Waals surface area (Å²) in [5.74, 6) is 0. The second kappa shape index (κ2) is 2.15. The third-order valence-electron chi connectivity index (χ3n) is 2.28. The summed E-state index contributed by atoms with van der Waals surface area (Å²) in [4.78, 5) is 0. The Hall–Kier alpha value is -0.200. The molecule has 1 aliphatic heterocycles. The Bertz CT molecular complexity index is 154. The molecule has 0 bridgehead atoms. The van der Waals surface area contributed by atoms with Gasteiger partial charge in [0, 0.05) is 0 Å². The highest BCUT2D eigenvalue weighted by Crippen LogP contribution is 2.37. The fourth-order valence-corrected chi connectivity index (χ4v) is 1.48. The van der Waals surface area contributed by atoms with Crippen molar-refractivity contribution >= 4 is 0 Å². The molecule has 64 valence electrons. The van der Waals surface area contributed by atoms with Crippen molar-refractivity contribution in [2.45, 2.75) is 36.6 Å². The molecule has 5 heteroatoms. The summed E-state index contributed by atoms with van der Waals surface area (Å²) in [5.41, 5.74) is 0. The van der Waals surface area contributed by atoms with E-state index in [2.05, 4.69) is 0 Å². The van der Waals surface area contributed by atoms with Gasteiger partial charge in [-0.1, -0.05) is 0 Å². The topological polar surface area (TPSA) is 93.5 Å². The van der Waals surface area contributed by atoms with Gasteiger partial charge in [-0.3, -0.25) is 0 Å². The molecule has 0 aromatic heterocycles. The average molecular weight is 162 g/mol. The van der Waals surface area contributed by atoms with Gasteiger partial charge in [0.2, 0.25) is 0 Å². The van der Waals surface area contributed by atoms with Crippen molar-refractivity contribution in [2.75, 3.05) is 0 Å². The third-order valence-corrected chi connectivity index (χ3v) is 2.28. The van der Waals surface area contributed by atoms with Gasteiger partial charge in [0.15, 0.2) is 0 Å². The molecule has 5 nitrogen and oxygen atoms in total. The zero-order chi connectivity index (χ0) is 8.17. The van der Waals surface area contributed by atoms with Gasteiger partial charge in [0.1, 0.15) is 36.6 Å². The van der Waals surface area contributed by atoms with Crippen LogP contribution in [0.3, 0.4) is 0 Å². The molecular formula is C6H10O5. The second-order valence-corrected chi connectivity index (χ2v) is 3.03. The molecule has 6 atom stereocenters. The molecular weight excluding hydrogens is 152 g/mol. The first-order chi connectivity index (χ1) is 5.13. The predicted octanol–water partition coefficient (Wildman–Crippen LogP) is -2.79. The van der Waals surface area contributed by atoms with Crippen molar-refractivity contribution in [1.82, 2.24) is 0 Å². The zero-order valence-corrected chi connectivity index (χ0v) is 5.66. The monoisotopic (exact) mass is 162 g/mol. The zero-order valence-electron chi connectivity index (χ0n) is 5.66. The van der Waals surface area contributed by atoms with Crippen molar-refractivity contribution < 1.29 is 25.2 Å². The number of aliphatic hydroxyl groups is 4. The molecule has 2 rings (SSSR count). The van der Waals surface area contributed by atoms with Crippen LogP contribution >= 0.6 is 0 Å². The van der Waals surface area contributed by atoms with E-state index >= 15 is 0 Å². The molecule has 1 heterocycles. The van der Waals surface area contributed by atoms with E-state index in [1.165, 1.54) is 0 Å². The number of ether oxygens (including phenoxy) is 1. The van der Waals surface area contributed by atoms with Crippen molar-refractivity contribution in [2.24, 2.45) is 0 Å². The van der Waals surface area contributed by atoms with Crippen LogP contribution in [0.1, 0.15) is 0 Å². The Morgan fingerprint density at radius 1 is 0.636 bits per heavy atom. The molecule has 0 unspecified atom stereocenters. The first kappa shape index (κ1) is 7.45. The van der Waals surface area contributed by atoms with Crippen LogP contribution in [-0.2, 0) is 4.74 Å². The van der Waals surface area contributed by atoms with Crippen LogP contribution in [0.5, 0.6) is 0 Å². The van der Waals surface area contributed by atoms with E-state index in [1.807, 2.05) is 0 Å². The van der Waals surface area contributed by atoms with E-state index in [0.717, 1.165) is 0 Å². The minimum atomic E-state index is -1.30. The second-order valence-electron chi connectivity index (χ2n) is 3.03. The van der Waals surface area contributed by atoms with Crippen LogP contribution in [0.25, 0.3) is 0 Å². The lowest BCUT2D eigenvalue weighted by molar-refractivity contribution is -0.121. The van der Waals surface area contributed by atoms with Crippen LogP contribution in [-0.4, -0.2) is 57.0 Å². The van der Waals surface area contributed by atoms with Crippen LogP contribution in [0.4, 0.5) is 0 Å². The predicted molar refractivity (Wildman–Crippen MR) is 32.7 cm³/mol. The Morgan fingerprint density at radius 2 is 1.00 bits per heavy atom. The summed E-state index contributed by atoms with van der Waals surface area (Å²) in [7, 11) is 0. The van der Waals surface area contributed by atoms with Gasteiger partial charge in [0.05, 0.1) is 0 Å². The van der Waals surface area contributed by atoms with Crippen molar-refractivity contribution in [3.8, 4) is 0 Å². The van der Waals surface area contributed by atoms with Gasteiger partial charge in [0.25, 0.3) is 0 Å². The number of aliphatic hydroxyl groups excluding tert-OH is 4. The molecule has 4 N–H and O–H groups in total. The lowest BCUT2D eigenvalue weighted by Crippen LogP contribution is -2.53. The highest BCUT2D eigenvalue weighted by Gasteiger charge is 2.59. The Balaban J connectivity index is 2.13. The normalized spacial score (nSPS) is 62.2. The molecule has 0 spiro atoms. The van der Waals surface area contributed by atoms with Crippen molar-refractivity contribution in [3.63, 3.8) is 0 Å². The first-order valence-electron chi connectivity index (χ1n) is 3.50. The largest absolute Gasteiger partial charge is 0.387 e. The fraction of sp³-hybridized carbons (Fsp3) is 1.00. The van der Waals surface area contributed by atoms with E-state index in [0.29, 0.717) is 0 Å². The molecule has 0 aromatic carbocycles. The number of hydrogen-bond donors (Lipinski definition) is 4. The molecule has 2 fully saturated rings. The van der Waals surface area contributed by atoms with Crippen molar-refractivity contribution in [3.05, 3.63) is 0 Å². The van der Waals surface area contributed by atoms with E-state index in [9.17, 15) is 0 Å². The maximum absolute atomic E-state index is 9.13. The van der Waals surface area contributed by atoms with E-state index in [-0.39, 0.29) is 0 Å². The number of epoxide rings is 1. The van der Waals surface area contributed by atoms with Gasteiger partial charge >= 0.3 is 0 Å². The van der Waals surface area contributed by atoms with Crippen LogP contribution in [0.15, 0.2) is 0 Å². The van der Waals surface area contributed by atoms with Gasteiger partial charge in [-0.25, -0.2) is 0 Å². The quantitative estimate of drug-likeness (QED) is 0.289. The summed E-state index contributed by atoms with van der Waals surface area (Å²) in [6.07, 6.45) is -5.73. The highest BCUT2D eigenvalue weighted by atomic mass is 16.6. The summed E-state index contributed by atoms with van der Waals surface area (Å²) in [5, 5.41) is 36.4. The van der Waals surface area contributed by atoms with Crippen LogP contribution in [0.2, 0.25) is 0 Å². The first-order valence-corrected chi connectivity index (χ1v) is 3.50. The van der Waals surface area contributed by atoms with Crippen LogP contribution in [0, 0.1) is 0 Å². The summed E-state index contributed by atoms with van der Waals surface area (Å²) < 4.78 is 4.82. The molecule has 1 saturated carbocycles. The molecule has 1 aliphatic carbocycles. The Morgan fingerprint density at radius 3 is 1.36 bits per heavy atom. The van der Waals surface area contributed by atoms with Gasteiger partial charge in [-0.15, -0.1) is 0 Å². The molecule has 0 amide bonds. The summed E-state index contributed by atoms with van der Waals surface area (Å²) >= 11 is 0. The SMILES string of the molecule is O[C@@H]1[C@H](O)[C@@H](O)[C@H]2O[C@H]2[C@H]1O. The number of hydrogen-bond acceptors (Lipinski definition) is 5. The van der Waals surface area contributed by atoms with Gasteiger partial charge < -0.3 is 25.2 Å². The summed E-state index contributed by atoms with van der Waals surface area (Å²) in [6.45, 7) is 0. The lowest BCUT2D eigenvalue weighted by Gasteiger charge is -2.28.